The van der Waals surface area contributed by atoms with E-state index in [9.17, 15) is 9.18 Å². The quantitative estimate of drug-likeness (QED) is 0.341. The second-order valence-corrected chi connectivity index (χ2v) is 4.82. The van der Waals surface area contributed by atoms with Crippen LogP contribution in [-0.2, 0) is 0 Å². The van der Waals surface area contributed by atoms with E-state index in [-0.39, 0.29) is 22.8 Å². The number of hydrogen-bond donors (Lipinski definition) is 3. The van der Waals surface area contributed by atoms with Gasteiger partial charge in [-0.2, -0.15) is 0 Å². The van der Waals surface area contributed by atoms with Crippen LogP contribution in [0.5, 0.6) is 0 Å². The molecule has 108 valence electrons. The topological polar surface area (TPSA) is 101 Å². The number of pyridine rings is 1. The van der Waals surface area contributed by atoms with E-state index in [0.717, 1.165) is 12.1 Å². The van der Waals surface area contributed by atoms with Gasteiger partial charge in [-0.3, -0.25) is 4.79 Å². The molecule has 0 saturated heterocycles. The van der Waals surface area contributed by atoms with Gasteiger partial charge in [0.1, 0.15) is 11.5 Å². The lowest BCUT2D eigenvalue weighted by Crippen LogP contribution is -2.20. The Bertz CT molecular complexity index is 721. The second-order valence-electron chi connectivity index (χ2n) is 3.96. The van der Waals surface area contributed by atoms with Crippen LogP contribution in [0.15, 0.2) is 46.2 Å². The van der Waals surface area contributed by atoms with E-state index in [1.165, 1.54) is 12.3 Å². The van der Waals surface area contributed by atoms with Crippen molar-refractivity contribution in [2.45, 2.75) is 0 Å². The highest BCUT2D eigenvalue weighted by atomic mass is 79.9. The molecule has 0 aliphatic heterocycles. The molecule has 0 fully saturated rings. The Labute approximate surface area is 127 Å². The van der Waals surface area contributed by atoms with E-state index in [4.69, 9.17) is 10.9 Å². The number of aromatic nitrogens is 1. The lowest BCUT2D eigenvalue weighted by atomic mass is 10.1. The lowest BCUT2D eigenvalue weighted by molar-refractivity contribution is 0.102. The average molecular weight is 353 g/mol. The van der Waals surface area contributed by atoms with E-state index >= 15 is 0 Å². The molecule has 0 atom stereocenters. The molecule has 0 radical (unpaired) electrons. The van der Waals surface area contributed by atoms with E-state index in [1.807, 2.05) is 0 Å². The lowest BCUT2D eigenvalue weighted by Gasteiger charge is -2.10. The molecule has 0 bridgehead atoms. The molecular weight excluding hydrogens is 343 g/mol. The van der Waals surface area contributed by atoms with Gasteiger partial charge < -0.3 is 16.3 Å². The number of nitrogens with zero attached hydrogens (tertiary/aromatic N) is 2. The van der Waals surface area contributed by atoms with Crippen molar-refractivity contribution in [2.24, 2.45) is 10.9 Å². The second kappa shape index (κ2) is 6.31. The first-order chi connectivity index (χ1) is 10.0. The van der Waals surface area contributed by atoms with Crippen molar-refractivity contribution in [3.05, 3.63) is 58.1 Å². The molecular formula is C13H10BrFN4O2. The average Bonchev–Trinajstić information content (AvgIpc) is 2.48. The third-order valence-corrected chi connectivity index (χ3v) is 3.23. The Balaban J connectivity index is 2.36. The largest absolute Gasteiger partial charge is 0.409 e. The molecule has 1 heterocycles. The van der Waals surface area contributed by atoms with Gasteiger partial charge in [-0.1, -0.05) is 5.16 Å². The minimum absolute atomic E-state index is 0.0675. The van der Waals surface area contributed by atoms with Gasteiger partial charge in [0.05, 0.1) is 5.69 Å². The molecule has 0 aliphatic rings. The zero-order valence-corrected chi connectivity index (χ0v) is 12.1. The third-order valence-electron chi connectivity index (χ3n) is 2.59. The van der Waals surface area contributed by atoms with Crippen LogP contribution < -0.4 is 11.1 Å². The van der Waals surface area contributed by atoms with Crippen LogP contribution in [0.25, 0.3) is 0 Å². The Morgan fingerprint density at radius 3 is 2.86 bits per heavy atom. The summed E-state index contributed by atoms with van der Waals surface area (Å²) in [4.78, 5) is 16.1. The molecule has 6 nitrogen and oxygen atoms in total. The van der Waals surface area contributed by atoms with Crippen molar-refractivity contribution in [2.75, 3.05) is 5.32 Å². The van der Waals surface area contributed by atoms with Crippen molar-refractivity contribution >= 4 is 33.4 Å². The number of nitrogens with two attached hydrogens (primary N) is 1. The number of nitrogens with one attached hydrogen (secondary N) is 1. The zero-order valence-electron chi connectivity index (χ0n) is 10.5. The van der Waals surface area contributed by atoms with Crippen LogP contribution in [0.4, 0.5) is 10.1 Å². The van der Waals surface area contributed by atoms with Crippen molar-refractivity contribution in [1.82, 2.24) is 4.98 Å². The van der Waals surface area contributed by atoms with Crippen molar-refractivity contribution < 1.29 is 14.4 Å². The number of carbonyl (C=O) groups is 1. The molecule has 2 aromatic rings. The van der Waals surface area contributed by atoms with Crippen LogP contribution in [0.1, 0.15) is 16.1 Å². The molecule has 21 heavy (non-hydrogen) atoms. The molecule has 1 amide bonds. The predicted molar refractivity (Wildman–Crippen MR) is 78.8 cm³/mol. The zero-order chi connectivity index (χ0) is 15.4. The summed E-state index contributed by atoms with van der Waals surface area (Å²) >= 11 is 3.21. The highest BCUT2D eigenvalue weighted by molar-refractivity contribution is 9.10. The maximum atomic E-state index is 13.2. The molecule has 4 N–H and O–H groups in total. The monoisotopic (exact) mass is 352 g/mol. The fourth-order valence-electron chi connectivity index (χ4n) is 1.63. The Kier molecular flexibility index (Phi) is 4.49. The molecule has 2 rings (SSSR count). The Morgan fingerprint density at radius 2 is 2.19 bits per heavy atom. The molecule has 0 saturated carbocycles. The normalized spacial score (nSPS) is 11.2. The van der Waals surface area contributed by atoms with Gasteiger partial charge in [0.25, 0.3) is 5.91 Å². The van der Waals surface area contributed by atoms with Crippen molar-refractivity contribution in [1.29, 1.82) is 0 Å². The molecule has 1 aromatic heterocycles. The van der Waals surface area contributed by atoms with Gasteiger partial charge in [0.15, 0.2) is 5.84 Å². The molecule has 8 heteroatoms. The SMILES string of the molecule is N/C(=N/O)c1cc(F)ccc1NC(=O)c1ncccc1Br. The maximum Gasteiger partial charge on any atom is 0.275 e. The van der Waals surface area contributed by atoms with Crippen LogP contribution in [0.3, 0.4) is 0 Å². The predicted octanol–water partition coefficient (Wildman–Crippen LogP) is 2.33. The van der Waals surface area contributed by atoms with Crippen LogP contribution in [0.2, 0.25) is 0 Å². The summed E-state index contributed by atoms with van der Waals surface area (Å²) in [7, 11) is 0. The minimum Gasteiger partial charge on any atom is -0.409 e. The smallest absolute Gasteiger partial charge is 0.275 e. The maximum absolute atomic E-state index is 13.2. The number of oxime groups is 1. The fraction of sp³-hybridized carbons (Fsp3) is 0. The summed E-state index contributed by atoms with van der Waals surface area (Å²) < 4.78 is 13.8. The number of amides is 1. The summed E-state index contributed by atoms with van der Waals surface area (Å²) in [5.74, 6) is -1.40. The van der Waals surface area contributed by atoms with Crippen LogP contribution in [0, 0.1) is 5.82 Å². The highest BCUT2D eigenvalue weighted by Gasteiger charge is 2.15. The van der Waals surface area contributed by atoms with Crippen LogP contribution in [-0.4, -0.2) is 21.9 Å². The molecule has 0 aliphatic carbocycles. The van der Waals surface area contributed by atoms with E-state index in [2.05, 4.69) is 31.4 Å². The van der Waals surface area contributed by atoms with Crippen LogP contribution >= 0.6 is 15.9 Å². The number of rotatable bonds is 3. The number of benzene rings is 1. The van der Waals surface area contributed by atoms with Gasteiger partial charge in [-0.25, -0.2) is 9.37 Å². The number of halogens is 2. The van der Waals surface area contributed by atoms with E-state index in [1.54, 1.807) is 12.1 Å². The first kappa shape index (κ1) is 14.9. The Morgan fingerprint density at radius 1 is 1.43 bits per heavy atom. The van der Waals surface area contributed by atoms with Gasteiger partial charge in [0.2, 0.25) is 0 Å². The third kappa shape index (κ3) is 3.34. The minimum atomic E-state index is -0.575. The number of hydrogen-bond acceptors (Lipinski definition) is 4. The fourth-order valence-corrected chi connectivity index (χ4v) is 2.06. The number of amidine groups is 1. The van der Waals surface area contributed by atoms with E-state index < -0.39 is 11.7 Å². The van der Waals surface area contributed by atoms with E-state index in [0.29, 0.717) is 4.47 Å². The summed E-state index contributed by atoms with van der Waals surface area (Å²) in [6.07, 6.45) is 1.47. The molecule has 0 unspecified atom stereocenters. The first-order valence-corrected chi connectivity index (χ1v) is 6.51. The van der Waals surface area contributed by atoms with Gasteiger partial charge >= 0.3 is 0 Å². The van der Waals surface area contributed by atoms with Gasteiger partial charge in [-0.05, 0) is 46.3 Å². The summed E-state index contributed by atoms with van der Waals surface area (Å²) in [6.45, 7) is 0. The summed E-state index contributed by atoms with van der Waals surface area (Å²) in [5.41, 5.74) is 5.90. The van der Waals surface area contributed by atoms with Crippen molar-refractivity contribution in [3.63, 3.8) is 0 Å². The van der Waals surface area contributed by atoms with Crippen molar-refractivity contribution in [3.8, 4) is 0 Å². The molecule has 1 aromatic carbocycles. The summed E-state index contributed by atoms with van der Waals surface area (Å²) in [5, 5.41) is 14.1. The number of anilines is 1. The van der Waals surface area contributed by atoms with Gasteiger partial charge in [-0.15, -0.1) is 0 Å². The number of carbonyl (C=O) groups excluding carboxylic acids is 1. The highest BCUT2D eigenvalue weighted by Crippen LogP contribution is 2.20. The summed E-state index contributed by atoms with van der Waals surface area (Å²) in [6, 6.07) is 6.85. The Hall–Kier alpha value is -2.48. The standard InChI is InChI=1S/C13H10BrFN4O2/c14-9-2-1-5-17-11(9)13(20)18-10-4-3-7(15)6-8(10)12(16)19-21/h1-6,21H,(H2,16,19)(H,18,20). The molecule has 0 spiro atoms. The van der Waals surface area contributed by atoms with Gasteiger partial charge in [0, 0.05) is 16.2 Å². The first-order valence-electron chi connectivity index (χ1n) is 5.72.